The van der Waals surface area contributed by atoms with Gasteiger partial charge < -0.3 is 10.4 Å². The summed E-state index contributed by atoms with van der Waals surface area (Å²) in [7, 11) is -2.89. The molecule has 2 N–H and O–H groups in total. The number of hydrogen-bond donors (Lipinski definition) is 2. The van der Waals surface area contributed by atoms with E-state index in [1.165, 1.54) is 6.26 Å². The summed E-state index contributed by atoms with van der Waals surface area (Å²) in [4.78, 5) is 0. The average molecular weight is 209 g/mol. The molecule has 5 heteroatoms. The van der Waals surface area contributed by atoms with E-state index in [-0.39, 0.29) is 17.9 Å². The van der Waals surface area contributed by atoms with Gasteiger partial charge in [0.05, 0.1) is 5.75 Å². The van der Waals surface area contributed by atoms with Crippen molar-refractivity contribution in [3.05, 3.63) is 0 Å². The number of sulfone groups is 1. The summed E-state index contributed by atoms with van der Waals surface area (Å²) in [6.07, 6.45) is 1.84. The standard InChI is InChI=1S/C8H19NO3S/c1-8(2,4-6-10)9-5-7-13(3,11)12/h9-10H,4-7H2,1-3H3. The minimum atomic E-state index is -2.89. The minimum Gasteiger partial charge on any atom is -0.396 e. The Balaban J connectivity index is 3.76. The molecule has 0 aliphatic rings. The maximum atomic E-state index is 10.8. The van der Waals surface area contributed by atoms with E-state index in [0.29, 0.717) is 13.0 Å². The SMILES string of the molecule is CC(C)(CCO)NCCS(C)(=O)=O. The molecule has 0 aromatic heterocycles. The van der Waals surface area contributed by atoms with Crippen molar-refractivity contribution in [2.45, 2.75) is 25.8 Å². The normalized spacial score (nSPS) is 13.2. The number of aliphatic hydroxyl groups excluding tert-OH is 1. The zero-order valence-electron chi connectivity index (χ0n) is 8.50. The number of rotatable bonds is 6. The summed E-state index contributed by atoms with van der Waals surface area (Å²) in [6.45, 7) is 4.42. The van der Waals surface area contributed by atoms with E-state index in [0.717, 1.165) is 0 Å². The van der Waals surface area contributed by atoms with Crippen molar-refractivity contribution in [3.63, 3.8) is 0 Å². The summed E-state index contributed by atoms with van der Waals surface area (Å²) < 4.78 is 21.6. The fraction of sp³-hybridized carbons (Fsp3) is 1.00. The number of nitrogens with one attached hydrogen (secondary N) is 1. The molecule has 0 aromatic rings. The van der Waals surface area contributed by atoms with Gasteiger partial charge in [-0.05, 0) is 20.3 Å². The van der Waals surface area contributed by atoms with E-state index < -0.39 is 9.84 Å². The van der Waals surface area contributed by atoms with Crippen LogP contribution in [-0.2, 0) is 9.84 Å². The summed E-state index contributed by atoms with van der Waals surface area (Å²) in [5, 5.41) is 11.8. The first-order valence-electron chi connectivity index (χ1n) is 4.30. The van der Waals surface area contributed by atoms with Crippen LogP contribution in [0.4, 0.5) is 0 Å². The fourth-order valence-corrected chi connectivity index (χ4v) is 1.42. The monoisotopic (exact) mass is 209 g/mol. The molecule has 0 radical (unpaired) electrons. The summed E-state index contributed by atoms with van der Waals surface area (Å²) in [6, 6.07) is 0. The fourth-order valence-electron chi connectivity index (χ4n) is 0.943. The molecular weight excluding hydrogens is 190 g/mol. The second kappa shape index (κ2) is 4.93. The van der Waals surface area contributed by atoms with Crippen LogP contribution in [0.15, 0.2) is 0 Å². The van der Waals surface area contributed by atoms with Crippen molar-refractivity contribution in [1.82, 2.24) is 5.32 Å². The van der Waals surface area contributed by atoms with Crippen LogP contribution >= 0.6 is 0 Å². The van der Waals surface area contributed by atoms with Crippen molar-refractivity contribution in [2.75, 3.05) is 25.2 Å². The van der Waals surface area contributed by atoms with Gasteiger partial charge in [0.25, 0.3) is 0 Å². The molecule has 0 saturated heterocycles. The van der Waals surface area contributed by atoms with Crippen LogP contribution in [0.3, 0.4) is 0 Å². The van der Waals surface area contributed by atoms with Crippen LogP contribution in [0.2, 0.25) is 0 Å². The Morgan fingerprint density at radius 3 is 2.31 bits per heavy atom. The lowest BCUT2D eigenvalue weighted by molar-refractivity contribution is 0.233. The average Bonchev–Trinajstić information content (AvgIpc) is 1.82. The van der Waals surface area contributed by atoms with Gasteiger partial charge in [-0.2, -0.15) is 0 Å². The molecule has 0 unspecified atom stereocenters. The largest absolute Gasteiger partial charge is 0.396 e. The van der Waals surface area contributed by atoms with Gasteiger partial charge in [-0.1, -0.05) is 0 Å². The molecule has 0 fully saturated rings. The first-order chi connectivity index (χ1) is 5.77. The Morgan fingerprint density at radius 2 is 1.92 bits per heavy atom. The smallest absolute Gasteiger partial charge is 0.148 e. The predicted octanol–water partition coefficient (Wildman–Crippen LogP) is -0.218. The maximum absolute atomic E-state index is 10.8. The van der Waals surface area contributed by atoms with Crippen LogP contribution in [0, 0.1) is 0 Å². The van der Waals surface area contributed by atoms with Gasteiger partial charge in [-0.15, -0.1) is 0 Å². The summed E-state index contributed by atoms with van der Waals surface area (Å²) in [5.41, 5.74) is -0.195. The van der Waals surface area contributed by atoms with Crippen LogP contribution in [0.5, 0.6) is 0 Å². The van der Waals surface area contributed by atoms with E-state index in [1.807, 2.05) is 13.8 Å². The predicted molar refractivity (Wildman–Crippen MR) is 53.5 cm³/mol. The van der Waals surface area contributed by atoms with Gasteiger partial charge in [-0.3, -0.25) is 0 Å². The molecule has 0 atom stereocenters. The molecule has 0 spiro atoms. The Bertz CT molecular complexity index is 234. The van der Waals surface area contributed by atoms with Crippen molar-refractivity contribution < 1.29 is 13.5 Å². The van der Waals surface area contributed by atoms with Crippen LogP contribution < -0.4 is 5.32 Å². The van der Waals surface area contributed by atoms with Gasteiger partial charge in [0, 0.05) is 24.9 Å². The van der Waals surface area contributed by atoms with Crippen molar-refractivity contribution >= 4 is 9.84 Å². The van der Waals surface area contributed by atoms with E-state index in [2.05, 4.69) is 5.32 Å². The topological polar surface area (TPSA) is 66.4 Å². The highest BCUT2D eigenvalue weighted by molar-refractivity contribution is 7.90. The highest BCUT2D eigenvalue weighted by atomic mass is 32.2. The first kappa shape index (κ1) is 12.9. The second-order valence-electron chi connectivity index (χ2n) is 3.91. The minimum absolute atomic E-state index is 0.110. The van der Waals surface area contributed by atoms with E-state index in [1.54, 1.807) is 0 Å². The Morgan fingerprint density at radius 1 is 1.38 bits per heavy atom. The quantitative estimate of drug-likeness (QED) is 0.635. The van der Waals surface area contributed by atoms with Crippen molar-refractivity contribution in [2.24, 2.45) is 0 Å². The molecule has 0 aromatic carbocycles. The zero-order chi connectivity index (χ0) is 10.5. The lowest BCUT2D eigenvalue weighted by Crippen LogP contribution is -2.42. The number of aliphatic hydroxyl groups is 1. The maximum Gasteiger partial charge on any atom is 0.148 e. The Kier molecular flexibility index (Phi) is 4.88. The Hall–Kier alpha value is -0.130. The lowest BCUT2D eigenvalue weighted by Gasteiger charge is -2.25. The highest BCUT2D eigenvalue weighted by Gasteiger charge is 2.16. The zero-order valence-corrected chi connectivity index (χ0v) is 9.32. The molecule has 0 heterocycles. The van der Waals surface area contributed by atoms with Gasteiger partial charge in [0.1, 0.15) is 9.84 Å². The molecule has 80 valence electrons. The van der Waals surface area contributed by atoms with Crippen molar-refractivity contribution in [1.29, 1.82) is 0 Å². The molecule has 0 rings (SSSR count). The summed E-state index contributed by atoms with van der Waals surface area (Å²) in [5.74, 6) is 0.141. The van der Waals surface area contributed by atoms with Gasteiger partial charge >= 0.3 is 0 Å². The lowest BCUT2D eigenvalue weighted by atomic mass is 10.0. The first-order valence-corrected chi connectivity index (χ1v) is 6.36. The molecule has 0 bridgehead atoms. The molecule has 0 aliphatic carbocycles. The van der Waals surface area contributed by atoms with Crippen molar-refractivity contribution in [3.8, 4) is 0 Å². The summed E-state index contributed by atoms with van der Waals surface area (Å²) >= 11 is 0. The third-order valence-electron chi connectivity index (χ3n) is 1.81. The highest BCUT2D eigenvalue weighted by Crippen LogP contribution is 2.06. The second-order valence-corrected chi connectivity index (χ2v) is 6.17. The molecular formula is C8H19NO3S. The molecule has 0 amide bonds. The molecule has 4 nitrogen and oxygen atoms in total. The van der Waals surface area contributed by atoms with Crippen LogP contribution in [-0.4, -0.2) is 44.2 Å². The molecule has 0 saturated carbocycles. The third kappa shape index (κ3) is 8.21. The third-order valence-corrected chi connectivity index (χ3v) is 2.76. The Labute approximate surface area is 80.3 Å². The van der Waals surface area contributed by atoms with Gasteiger partial charge in [0.15, 0.2) is 0 Å². The number of hydrogen-bond acceptors (Lipinski definition) is 4. The molecule has 0 aliphatic heterocycles. The van der Waals surface area contributed by atoms with Crippen LogP contribution in [0.25, 0.3) is 0 Å². The molecule has 13 heavy (non-hydrogen) atoms. The van der Waals surface area contributed by atoms with E-state index in [4.69, 9.17) is 5.11 Å². The van der Waals surface area contributed by atoms with E-state index in [9.17, 15) is 8.42 Å². The van der Waals surface area contributed by atoms with E-state index >= 15 is 0 Å². The van der Waals surface area contributed by atoms with Gasteiger partial charge in [-0.25, -0.2) is 8.42 Å². The van der Waals surface area contributed by atoms with Crippen LogP contribution in [0.1, 0.15) is 20.3 Å². The van der Waals surface area contributed by atoms with Gasteiger partial charge in [0.2, 0.25) is 0 Å².